The minimum absolute atomic E-state index is 0.0933. The molecule has 0 aromatic carbocycles. The number of carbonyl (C=O) groups is 1. The second-order valence-electron chi connectivity index (χ2n) is 5.75. The molecule has 2 aromatic rings. The van der Waals surface area contributed by atoms with Gasteiger partial charge in [-0.05, 0) is 25.0 Å². The van der Waals surface area contributed by atoms with E-state index in [0.29, 0.717) is 26.2 Å². The predicted molar refractivity (Wildman–Crippen MR) is 82.3 cm³/mol. The Labute approximate surface area is 130 Å². The summed E-state index contributed by atoms with van der Waals surface area (Å²) in [6.45, 7) is 2.78. The first-order valence-corrected chi connectivity index (χ1v) is 7.72. The monoisotopic (exact) mass is 302 g/mol. The molecule has 0 aliphatic carbocycles. The standard InChI is InChI=1S/C16H22N4O2/c21-15(18-6-10-19-9-5-17-14-19)13-16(3-11-22-12-4-16)20-7-1-2-8-20/h1-2,5,7-9,14H,3-4,6,10-13H2,(H,18,21). The molecule has 3 heterocycles. The van der Waals surface area contributed by atoms with Crippen molar-refractivity contribution in [3.05, 3.63) is 43.2 Å². The Morgan fingerprint density at radius 1 is 1.23 bits per heavy atom. The zero-order valence-corrected chi connectivity index (χ0v) is 12.6. The molecule has 6 heteroatoms. The highest BCUT2D eigenvalue weighted by atomic mass is 16.5. The van der Waals surface area contributed by atoms with Crippen LogP contribution in [0.15, 0.2) is 43.2 Å². The topological polar surface area (TPSA) is 61.1 Å². The van der Waals surface area contributed by atoms with Crippen LogP contribution in [0.4, 0.5) is 0 Å². The molecular formula is C16H22N4O2. The number of nitrogens with zero attached hydrogens (tertiary/aromatic N) is 3. The number of ether oxygens (including phenoxy) is 1. The molecule has 0 atom stereocenters. The van der Waals surface area contributed by atoms with E-state index in [1.165, 1.54) is 0 Å². The van der Waals surface area contributed by atoms with Crippen molar-refractivity contribution in [1.29, 1.82) is 0 Å². The van der Waals surface area contributed by atoms with Crippen LogP contribution in [0.1, 0.15) is 19.3 Å². The van der Waals surface area contributed by atoms with Gasteiger partial charge in [-0.25, -0.2) is 4.98 Å². The van der Waals surface area contributed by atoms with Crippen LogP contribution in [0, 0.1) is 0 Å². The Morgan fingerprint density at radius 2 is 2.00 bits per heavy atom. The van der Waals surface area contributed by atoms with E-state index in [-0.39, 0.29) is 11.4 Å². The van der Waals surface area contributed by atoms with Gasteiger partial charge in [0.1, 0.15) is 0 Å². The number of nitrogens with one attached hydrogen (secondary N) is 1. The average Bonchev–Trinajstić information content (AvgIpc) is 3.22. The van der Waals surface area contributed by atoms with E-state index in [1.807, 2.05) is 35.3 Å². The van der Waals surface area contributed by atoms with Crippen LogP contribution in [0.2, 0.25) is 0 Å². The minimum Gasteiger partial charge on any atom is -0.381 e. The summed E-state index contributed by atoms with van der Waals surface area (Å²) in [5, 5.41) is 3.01. The van der Waals surface area contributed by atoms with E-state index >= 15 is 0 Å². The van der Waals surface area contributed by atoms with Gasteiger partial charge >= 0.3 is 0 Å². The van der Waals surface area contributed by atoms with E-state index < -0.39 is 0 Å². The molecule has 1 aliphatic rings. The maximum Gasteiger partial charge on any atom is 0.222 e. The maximum atomic E-state index is 12.4. The van der Waals surface area contributed by atoms with Gasteiger partial charge in [0.2, 0.25) is 5.91 Å². The third-order valence-electron chi connectivity index (χ3n) is 4.32. The second-order valence-corrected chi connectivity index (χ2v) is 5.75. The smallest absolute Gasteiger partial charge is 0.222 e. The van der Waals surface area contributed by atoms with Crippen molar-refractivity contribution in [2.75, 3.05) is 19.8 Å². The number of hydrogen-bond acceptors (Lipinski definition) is 3. The molecule has 2 aromatic heterocycles. The van der Waals surface area contributed by atoms with Crippen LogP contribution in [-0.2, 0) is 21.6 Å². The molecule has 1 saturated heterocycles. The van der Waals surface area contributed by atoms with Gasteiger partial charge in [-0.15, -0.1) is 0 Å². The van der Waals surface area contributed by atoms with Crippen molar-refractivity contribution in [1.82, 2.24) is 19.4 Å². The normalized spacial score (nSPS) is 17.3. The van der Waals surface area contributed by atoms with Gasteiger partial charge < -0.3 is 19.2 Å². The van der Waals surface area contributed by atoms with Gasteiger partial charge in [0.15, 0.2) is 0 Å². The summed E-state index contributed by atoms with van der Waals surface area (Å²) in [5.74, 6) is 0.0933. The summed E-state index contributed by atoms with van der Waals surface area (Å²) < 4.78 is 9.61. The minimum atomic E-state index is -0.152. The fraction of sp³-hybridized carbons (Fsp3) is 0.500. The SMILES string of the molecule is O=C(CC1(n2cccc2)CCOCC1)NCCn1ccnc1. The van der Waals surface area contributed by atoms with E-state index in [9.17, 15) is 4.79 Å². The summed E-state index contributed by atoms with van der Waals surface area (Å²) in [7, 11) is 0. The fourth-order valence-corrected chi connectivity index (χ4v) is 3.03. The summed E-state index contributed by atoms with van der Waals surface area (Å²) in [4.78, 5) is 16.3. The van der Waals surface area contributed by atoms with Crippen LogP contribution in [0.3, 0.4) is 0 Å². The number of carbonyl (C=O) groups excluding carboxylic acids is 1. The van der Waals surface area contributed by atoms with Crippen molar-refractivity contribution in [3.63, 3.8) is 0 Å². The summed E-state index contributed by atoms with van der Waals surface area (Å²) in [5.41, 5.74) is -0.152. The van der Waals surface area contributed by atoms with Crippen molar-refractivity contribution in [2.24, 2.45) is 0 Å². The van der Waals surface area contributed by atoms with Gasteiger partial charge in [-0.1, -0.05) is 0 Å². The first kappa shape index (κ1) is 14.8. The van der Waals surface area contributed by atoms with Crippen molar-refractivity contribution < 1.29 is 9.53 Å². The Kier molecular flexibility index (Phi) is 4.58. The lowest BCUT2D eigenvalue weighted by atomic mass is 9.86. The Hall–Kier alpha value is -2.08. The molecule has 118 valence electrons. The molecular weight excluding hydrogens is 280 g/mol. The molecule has 0 spiro atoms. The zero-order chi connectivity index (χ0) is 15.3. The van der Waals surface area contributed by atoms with Crippen LogP contribution in [-0.4, -0.2) is 39.8 Å². The molecule has 1 aliphatic heterocycles. The molecule has 0 saturated carbocycles. The van der Waals surface area contributed by atoms with Crippen molar-refractivity contribution in [3.8, 4) is 0 Å². The molecule has 1 N–H and O–H groups in total. The van der Waals surface area contributed by atoms with Crippen LogP contribution >= 0.6 is 0 Å². The summed E-state index contributed by atoms with van der Waals surface area (Å²) in [6, 6.07) is 4.02. The molecule has 1 fully saturated rings. The number of hydrogen-bond donors (Lipinski definition) is 1. The van der Waals surface area contributed by atoms with Crippen LogP contribution in [0.25, 0.3) is 0 Å². The Morgan fingerprint density at radius 3 is 2.68 bits per heavy atom. The van der Waals surface area contributed by atoms with Gasteiger partial charge in [0.05, 0.1) is 18.3 Å². The lowest BCUT2D eigenvalue weighted by Crippen LogP contribution is -2.43. The lowest BCUT2D eigenvalue weighted by molar-refractivity contribution is -0.124. The van der Waals surface area contributed by atoms with Gasteiger partial charge in [-0.2, -0.15) is 0 Å². The number of imidazole rings is 1. The summed E-state index contributed by atoms with van der Waals surface area (Å²) >= 11 is 0. The highest BCUT2D eigenvalue weighted by Gasteiger charge is 2.35. The van der Waals surface area contributed by atoms with Gasteiger partial charge in [0, 0.05) is 51.1 Å². The highest BCUT2D eigenvalue weighted by Crippen LogP contribution is 2.32. The fourth-order valence-electron chi connectivity index (χ4n) is 3.03. The van der Waals surface area contributed by atoms with E-state index in [0.717, 1.165) is 19.4 Å². The number of rotatable bonds is 6. The molecule has 0 bridgehead atoms. The molecule has 0 radical (unpaired) electrons. The number of aromatic nitrogens is 3. The Bertz CT molecular complexity index is 571. The molecule has 22 heavy (non-hydrogen) atoms. The quantitative estimate of drug-likeness (QED) is 0.877. The predicted octanol–water partition coefficient (Wildman–Crippen LogP) is 1.40. The maximum absolute atomic E-state index is 12.4. The molecule has 1 amide bonds. The van der Waals surface area contributed by atoms with Crippen molar-refractivity contribution in [2.45, 2.75) is 31.3 Å². The third-order valence-corrected chi connectivity index (χ3v) is 4.32. The largest absolute Gasteiger partial charge is 0.381 e. The van der Waals surface area contributed by atoms with Crippen LogP contribution < -0.4 is 5.32 Å². The second kappa shape index (κ2) is 6.79. The lowest BCUT2D eigenvalue weighted by Gasteiger charge is -2.38. The zero-order valence-electron chi connectivity index (χ0n) is 12.6. The van der Waals surface area contributed by atoms with E-state index in [1.54, 1.807) is 12.5 Å². The van der Waals surface area contributed by atoms with E-state index in [4.69, 9.17) is 4.74 Å². The van der Waals surface area contributed by atoms with E-state index in [2.05, 4.69) is 14.9 Å². The first-order chi connectivity index (χ1) is 10.8. The molecule has 3 rings (SSSR count). The molecule has 0 unspecified atom stereocenters. The molecule has 6 nitrogen and oxygen atoms in total. The first-order valence-electron chi connectivity index (χ1n) is 7.72. The summed E-state index contributed by atoms with van der Waals surface area (Å²) in [6.07, 6.45) is 11.7. The third kappa shape index (κ3) is 3.39. The van der Waals surface area contributed by atoms with Crippen molar-refractivity contribution >= 4 is 5.91 Å². The number of amides is 1. The van der Waals surface area contributed by atoms with Gasteiger partial charge in [-0.3, -0.25) is 4.79 Å². The Balaban J connectivity index is 1.57. The highest BCUT2D eigenvalue weighted by molar-refractivity contribution is 5.77. The van der Waals surface area contributed by atoms with Crippen LogP contribution in [0.5, 0.6) is 0 Å². The van der Waals surface area contributed by atoms with Gasteiger partial charge in [0.25, 0.3) is 0 Å². The average molecular weight is 302 g/mol.